The van der Waals surface area contributed by atoms with E-state index in [-0.39, 0.29) is 10.7 Å². The zero-order chi connectivity index (χ0) is 13.3. The number of halogens is 2. The molecule has 1 N–H and O–H groups in total. The maximum atomic E-state index is 12.1. The normalized spacial score (nSPS) is 11.5. The molecule has 2 rings (SSSR count). The van der Waals surface area contributed by atoms with E-state index < -0.39 is 10.0 Å². The molecule has 1 aromatic heterocycles. The van der Waals surface area contributed by atoms with Crippen LogP contribution in [-0.2, 0) is 10.0 Å². The van der Waals surface area contributed by atoms with Gasteiger partial charge in [-0.1, -0.05) is 22.8 Å². The predicted octanol–water partition coefficient (Wildman–Crippen LogP) is 3.20. The molecule has 96 valence electrons. The lowest BCUT2D eigenvalue weighted by atomic mass is 10.4. The van der Waals surface area contributed by atoms with Gasteiger partial charge in [0.1, 0.15) is 10.7 Å². The van der Waals surface area contributed by atoms with Crippen molar-refractivity contribution in [1.29, 1.82) is 0 Å². The molecule has 0 aliphatic heterocycles. The summed E-state index contributed by atoms with van der Waals surface area (Å²) in [5.74, 6) is 0.636. The molecule has 0 bridgehead atoms. The quantitative estimate of drug-likeness (QED) is 0.921. The van der Waals surface area contributed by atoms with Gasteiger partial charge in [-0.15, -0.1) is 0 Å². The molecule has 0 aliphatic carbocycles. The van der Waals surface area contributed by atoms with E-state index in [0.29, 0.717) is 15.3 Å². The molecule has 0 spiro atoms. The zero-order valence-corrected chi connectivity index (χ0v) is 12.3. The van der Waals surface area contributed by atoms with Crippen LogP contribution < -0.4 is 4.72 Å². The molecule has 0 radical (unpaired) electrons. The standard InChI is InChI=1S/C10H8BrClN2O3S/c1-6-5-9(13-17-6)14-18(15,16)8-4-2-3-7(12)10(8)11/h2-5H,1H3,(H,13,14). The largest absolute Gasteiger partial charge is 0.360 e. The van der Waals surface area contributed by atoms with Crippen LogP contribution in [-0.4, -0.2) is 13.6 Å². The molecule has 0 aliphatic rings. The summed E-state index contributed by atoms with van der Waals surface area (Å²) in [4.78, 5) is 0.0376. The molecule has 1 aromatic carbocycles. The third-order valence-electron chi connectivity index (χ3n) is 2.07. The highest BCUT2D eigenvalue weighted by Gasteiger charge is 2.20. The summed E-state index contributed by atoms with van der Waals surface area (Å²) in [6, 6.07) is 6.06. The van der Waals surface area contributed by atoms with Gasteiger partial charge < -0.3 is 4.52 Å². The van der Waals surface area contributed by atoms with Gasteiger partial charge in [-0.2, -0.15) is 0 Å². The minimum absolute atomic E-state index is 0.0376. The third-order valence-corrected chi connectivity index (χ3v) is 5.13. The van der Waals surface area contributed by atoms with Crippen LogP contribution in [0.15, 0.2) is 38.2 Å². The molecular weight excluding hydrogens is 344 g/mol. The molecule has 0 saturated heterocycles. The van der Waals surface area contributed by atoms with Crippen molar-refractivity contribution in [2.24, 2.45) is 0 Å². The Hall–Kier alpha value is -1.05. The van der Waals surface area contributed by atoms with Crippen molar-refractivity contribution in [3.05, 3.63) is 39.5 Å². The van der Waals surface area contributed by atoms with Crippen LogP contribution in [0.1, 0.15) is 5.76 Å². The topological polar surface area (TPSA) is 72.2 Å². The van der Waals surface area contributed by atoms with E-state index in [4.69, 9.17) is 16.1 Å². The van der Waals surface area contributed by atoms with Crippen molar-refractivity contribution in [1.82, 2.24) is 5.16 Å². The van der Waals surface area contributed by atoms with Gasteiger partial charge in [0.2, 0.25) is 0 Å². The molecule has 0 atom stereocenters. The summed E-state index contributed by atoms with van der Waals surface area (Å²) in [5.41, 5.74) is 0. The summed E-state index contributed by atoms with van der Waals surface area (Å²) in [5, 5.41) is 3.88. The first-order chi connectivity index (χ1) is 8.40. The third kappa shape index (κ3) is 2.68. The molecule has 18 heavy (non-hydrogen) atoms. The van der Waals surface area contributed by atoms with Crippen LogP contribution in [0, 0.1) is 6.92 Å². The van der Waals surface area contributed by atoms with E-state index in [1.54, 1.807) is 19.1 Å². The molecule has 0 saturated carbocycles. The number of nitrogens with one attached hydrogen (secondary N) is 1. The second-order valence-corrected chi connectivity index (χ2v) is 6.33. The van der Waals surface area contributed by atoms with Crippen molar-refractivity contribution in [2.75, 3.05) is 4.72 Å². The predicted molar refractivity (Wildman–Crippen MR) is 71.2 cm³/mol. The molecule has 2 aromatic rings. The fraction of sp³-hybridized carbons (Fsp3) is 0.100. The number of benzene rings is 1. The van der Waals surface area contributed by atoms with Crippen LogP contribution in [0.4, 0.5) is 5.82 Å². The van der Waals surface area contributed by atoms with Crippen molar-refractivity contribution < 1.29 is 12.9 Å². The minimum atomic E-state index is -3.76. The van der Waals surface area contributed by atoms with E-state index in [0.717, 1.165) is 0 Å². The Morgan fingerprint density at radius 2 is 2.17 bits per heavy atom. The molecule has 1 heterocycles. The first-order valence-electron chi connectivity index (χ1n) is 4.80. The number of hydrogen-bond donors (Lipinski definition) is 1. The van der Waals surface area contributed by atoms with Crippen LogP contribution in [0.5, 0.6) is 0 Å². The Morgan fingerprint density at radius 3 is 2.78 bits per heavy atom. The summed E-state index contributed by atoms with van der Waals surface area (Å²) in [6.45, 7) is 1.67. The van der Waals surface area contributed by atoms with E-state index >= 15 is 0 Å². The Kier molecular flexibility index (Phi) is 3.65. The second-order valence-electron chi connectivity index (χ2n) is 3.48. The van der Waals surface area contributed by atoms with E-state index in [1.807, 2.05) is 0 Å². The first kappa shape index (κ1) is 13.4. The molecule has 0 unspecified atom stereocenters. The monoisotopic (exact) mass is 350 g/mol. The number of rotatable bonds is 3. The van der Waals surface area contributed by atoms with E-state index in [1.165, 1.54) is 12.1 Å². The van der Waals surface area contributed by atoms with Crippen molar-refractivity contribution in [3.8, 4) is 0 Å². The van der Waals surface area contributed by atoms with Crippen LogP contribution in [0.25, 0.3) is 0 Å². The van der Waals surface area contributed by atoms with Crippen molar-refractivity contribution in [3.63, 3.8) is 0 Å². The van der Waals surface area contributed by atoms with Gasteiger partial charge in [-0.3, -0.25) is 4.72 Å². The first-order valence-corrected chi connectivity index (χ1v) is 7.46. The summed E-state index contributed by atoms with van der Waals surface area (Å²) in [7, 11) is -3.76. The lowest BCUT2D eigenvalue weighted by Crippen LogP contribution is -2.13. The average molecular weight is 352 g/mol. The van der Waals surface area contributed by atoms with E-state index in [2.05, 4.69) is 25.8 Å². The maximum absolute atomic E-state index is 12.1. The zero-order valence-electron chi connectivity index (χ0n) is 9.15. The molecule has 8 heteroatoms. The van der Waals surface area contributed by atoms with Crippen LogP contribution in [0.3, 0.4) is 0 Å². The highest BCUT2D eigenvalue weighted by molar-refractivity contribution is 9.10. The average Bonchev–Trinajstić information content (AvgIpc) is 2.67. The van der Waals surface area contributed by atoms with Gasteiger partial charge in [0.25, 0.3) is 10.0 Å². The Morgan fingerprint density at radius 1 is 1.44 bits per heavy atom. The molecular formula is C10H8BrClN2O3S. The van der Waals surface area contributed by atoms with Gasteiger partial charge >= 0.3 is 0 Å². The van der Waals surface area contributed by atoms with Crippen molar-refractivity contribution in [2.45, 2.75) is 11.8 Å². The van der Waals surface area contributed by atoms with Crippen molar-refractivity contribution >= 4 is 43.4 Å². The SMILES string of the molecule is Cc1cc(NS(=O)(=O)c2cccc(Cl)c2Br)no1. The number of aromatic nitrogens is 1. The Bertz CT molecular complexity index is 684. The number of aryl methyl sites for hydroxylation is 1. The fourth-order valence-electron chi connectivity index (χ4n) is 1.30. The Balaban J connectivity index is 2.40. The lowest BCUT2D eigenvalue weighted by molar-refractivity contribution is 0.400. The molecule has 5 nitrogen and oxygen atoms in total. The summed E-state index contributed by atoms with van der Waals surface area (Å²) < 4.78 is 31.6. The van der Waals surface area contributed by atoms with Gasteiger partial charge in [0.05, 0.1) is 9.50 Å². The molecule has 0 amide bonds. The highest BCUT2D eigenvalue weighted by atomic mass is 79.9. The van der Waals surface area contributed by atoms with Crippen LogP contribution >= 0.6 is 27.5 Å². The van der Waals surface area contributed by atoms with E-state index in [9.17, 15) is 8.42 Å². The highest BCUT2D eigenvalue weighted by Crippen LogP contribution is 2.30. The number of anilines is 1. The summed E-state index contributed by atoms with van der Waals surface area (Å²) >= 11 is 8.99. The van der Waals surface area contributed by atoms with Gasteiger partial charge in [0, 0.05) is 6.07 Å². The molecule has 0 fully saturated rings. The Labute approximate surface area is 117 Å². The number of nitrogens with zero attached hydrogens (tertiary/aromatic N) is 1. The lowest BCUT2D eigenvalue weighted by Gasteiger charge is -2.07. The van der Waals surface area contributed by atoms with Gasteiger partial charge in [-0.05, 0) is 35.0 Å². The number of hydrogen-bond acceptors (Lipinski definition) is 4. The van der Waals surface area contributed by atoms with Gasteiger partial charge in [-0.25, -0.2) is 8.42 Å². The van der Waals surface area contributed by atoms with Gasteiger partial charge in [0.15, 0.2) is 5.82 Å². The second kappa shape index (κ2) is 4.91. The maximum Gasteiger partial charge on any atom is 0.264 e. The number of sulfonamides is 1. The minimum Gasteiger partial charge on any atom is -0.360 e. The summed E-state index contributed by atoms with van der Waals surface area (Å²) in [6.07, 6.45) is 0. The van der Waals surface area contributed by atoms with Crippen LogP contribution in [0.2, 0.25) is 5.02 Å². The fourth-order valence-corrected chi connectivity index (χ4v) is 3.52. The smallest absolute Gasteiger partial charge is 0.264 e.